The van der Waals surface area contributed by atoms with Gasteiger partial charge < -0.3 is 9.84 Å². The van der Waals surface area contributed by atoms with Crippen molar-refractivity contribution in [2.45, 2.75) is 25.4 Å². The van der Waals surface area contributed by atoms with Crippen molar-refractivity contribution in [2.24, 2.45) is 0 Å². The lowest BCUT2D eigenvalue weighted by atomic mass is 9.94. The summed E-state index contributed by atoms with van der Waals surface area (Å²) in [4.78, 5) is 23.8. The topological polar surface area (TPSA) is 90.9 Å². The first kappa shape index (κ1) is 14.9. The number of hydrazine groups is 1. The van der Waals surface area contributed by atoms with Gasteiger partial charge in [0.15, 0.2) is 0 Å². The lowest BCUT2D eigenvalue weighted by Gasteiger charge is -2.35. The summed E-state index contributed by atoms with van der Waals surface area (Å²) >= 11 is 0. The molecule has 0 aromatic rings. The van der Waals surface area contributed by atoms with Gasteiger partial charge in [-0.25, -0.2) is 0 Å². The van der Waals surface area contributed by atoms with Crippen LogP contribution in [0.25, 0.3) is 0 Å². The van der Waals surface area contributed by atoms with E-state index < -0.39 is 5.60 Å². The van der Waals surface area contributed by atoms with Crippen molar-refractivity contribution >= 4 is 11.8 Å². The largest absolute Gasteiger partial charge is 0.388 e. The van der Waals surface area contributed by atoms with E-state index in [9.17, 15) is 14.7 Å². The van der Waals surface area contributed by atoms with E-state index in [1.165, 1.54) is 6.92 Å². The van der Waals surface area contributed by atoms with E-state index in [1.54, 1.807) is 11.9 Å². The molecule has 0 radical (unpaired) electrons. The molecule has 1 aliphatic heterocycles. The molecule has 1 heterocycles. The molecule has 0 aliphatic carbocycles. The van der Waals surface area contributed by atoms with Gasteiger partial charge in [0.1, 0.15) is 0 Å². The number of nitrogens with one attached hydrogen (secondary N) is 2. The quantitative estimate of drug-likeness (QED) is 0.542. The zero-order chi connectivity index (χ0) is 13.6. The molecule has 7 nitrogen and oxygen atoms in total. The summed E-state index contributed by atoms with van der Waals surface area (Å²) in [6.45, 7) is 2.92. The van der Waals surface area contributed by atoms with E-state index >= 15 is 0 Å². The highest BCUT2D eigenvalue weighted by Gasteiger charge is 2.31. The van der Waals surface area contributed by atoms with Crippen LogP contribution in [-0.4, -0.2) is 60.8 Å². The molecule has 1 aliphatic rings. The molecule has 0 spiro atoms. The van der Waals surface area contributed by atoms with Gasteiger partial charge >= 0.3 is 0 Å². The van der Waals surface area contributed by atoms with Gasteiger partial charge in [-0.3, -0.25) is 25.3 Å². The summed E-state index contributed by atoms with van der Waals surface area (Å²) in [5.74, 6) is -0.641. The fraction of sp³-hybridized carbons (Fsp3) is 0.818. The van der Waals surface area contributed by atoms with Crippen molar-refractivity contribution in [2.75, 3.05) is 33.4 Å². The second-order valence-corrected chi connectivity index (χ2v) is 4.74. The number of carbonyl (C=O) groups excluding carboxylic acids is 2. The Morgan fingerprint density at radius 2 is 1.94 bits per heavy atom. The van der Waals surface area contributed by atoms with E-state index in [4.69, 9.17) is 4.74 Å². The molecule has 1 saturated heterocycles. The number of ether oxygens (including phenoxy) is 1. The number of amides is 2. The number of aliphatic hydroxyl groups is 1. The molecule has 18 heavy (non-hydrogen) atoms. The van der Waals surface area contributed by atoms with Crippen molar-refractivity contribution in [3.63, 3.8) is 0 Å². The summed E-state index contributed by atoms with van der Waals surface area (Å²) in [6, 6.07) is 0. The van der Waals surface area contributed by atoms with Gasteiger partial charge in [-0.05, 0) is 7.05 Å². The average Bonchev–Trinajstić information content (AvgIpc) is 2.26. The summed E-state index contributed by atoms with van der Waals surface area (Å²) in [7, 11) is 1.75. The highest BCUT2D eigenvalue weighted by atomic mass is 16.5. The third-order valence-electron chi connectivity index (χ3n) is 2.78. The van der Waals surface area contributed by atoms with Gasteiger partial charge in [0.25, 0.3) is 5.91 Å². The molecule has 0 unspecified atom stereocenters. The van der Waals surface area contributed by atoms with Crippen LogP contribution in [0.1, 0.15) is 19.8 Å². The molecular formula is C11H21N3O4. The predicted molar refractivity (Wildman–Crippen MR) is 64.5 cm³/mol. The predicted octanol–water partition coefficient (Wildman–Crippen LogP) is -1.37. The Bertz CT molecular complexity index is 303. The van der Waals surface area contributed by atoms with E-state index in [0.29, 0.717) is 32.6 Å². The SMILES string of the molecule is CC(=O)NNC(=O)CN(C)CC1(O)CCOCC1. The van der Waals surface area contributed by atoms with Crippen LogP contribution in [-0.2, 0) is 14.3 Å². The van der Waals surface area contributed by atoms with Crippen LogP contribution in [0.4, 0.5) is 0 Å². The van der Waals surface area contributed by atoms with E-state index in [-0.39, 0.29) is 18.4 Å². The minimum atomic E-state index is -0.790. The Kier molecular flexibility index (Phi) is 5.52. The van der Waals surface area contributed by atoms with Gasteiger partial charge in [0.2, 0.25) is 5.91 Å². The Morgan fingerprint density at radius 3 is 2.50 bits per heavy atom. The number of rotatable bonds is 4. The van der Waals surface area contributed by atoms with Gasteiger partial charge in [-0.1, -0.05) is 0 Å². The van der Waals surface area contributed by atoms with Crippen LogP contribution < -0.4 is 10.9 Å². The Balaban J connectivity index is 2.29. The van der Waals surface area contributed by atoms with E-state index in [0.717, 1.165) is 0 Å². The molecule has 0 aromatic carbocycles. The molecule has 0 aromatic heterocycles. The van der Waals surface area contributed by atoms with Crippen molar-refractivity contribution in [1.29, 1.82) is 0 Å². The fourth-order valence-corrected chi connectivity index (χ4v) is 1.91. The van der Waals surface area contributed by atoms with Crippen molar-refractivity contribution in [3.05, 3.63) is 0 Å². The molecule has 3 N–H and O–H groups in total. The third kappa shape index (κ3) is 5.44. The van der Waals surface area contributed by atoms with Crippen molar-refractivity contribution in [1.82, 2.24) is 15.8 Å². The lowest BCUT2D eigenvalue weighted by Crippen LogP contribution is -2.50. The van der Waals surface area contributed by atoms with Crippen molar-refractivity contribution < 1.29 is 19.4 Å². The Morgan fingerprint density at radius 1 is 1.33 bits per heavy atom. The molecule has 1 fully saturated rings. The van der Waals surface area contributed by atoms with Crippen LogP contribution >= 0.6 is 0 Å². The zero-order valence-electron chi connectivity index (χ0n) is 10.9. The minimum Gasteiger partial charge on any atom is -0.388 e. The molecule has 0 atom stereocenters. The molecule has 0 bridgehead atoms. The number of likely N-dealkylation sites (N-methyl/N-ethyl adjacent to an activating group) is 1. The first-order valence-electron chi connectivity index (χ1n) is 5.95. The van der Waals surface area contributed by atoms with Gasteiger partial charge in [0.05, 0.1) is 12.1 Å². The van der Waals surface area contributed by atoms with Gasteiger partial charge in [-0.2, -0.15) is 0 Å². The minimum absolute atomic E-state index is 0.115. The normalized spacial score (nSPS) is 18.4. The van der Waals surface area contributed by atoms with Crippen LogP contribution in [0.15, 0.2) is 0 Å². The maximum Gasteiger partial charge on any atom is 0.252 e. The maximum atomic E-state index is 11.4. The molecule has 7 heteroatoms. The maximum absolute atomic E-state index is 11.4. The van der Waals surface area contributed by atoms with Crippen LogP contribution in [0.3, 0.4) is 0 Å². The molecule has 1 rings (SSSR count). The third-order valence-corrected chi connectivity index (χ3v) is 2.78. The number of carbonyl (C=O) groups is 2. The van der Waals surface area contributed by atoms with Crippen molar-refractivity contribution in [3.8, 4) is 0 Å². The average molecular weight is 259 g/mol. The molecule has 104 valence electrons. The summed E-state index contributed by atoms with van der Waals surface area (Å²) < 4.78 is 5.19. The van der Waals surface area contributed by atoms with Crippen LogP contribution in [0, 0.1) is 0 Å². The van der Waals surface area contributed by atoms with Crippen LogP contribution in [0.2, 0.25) is 0 Å². The zero-order valence-corrected chi connectivity index (χ0v) is 10.9. The highest BCUT2D eigenvalue weighted by molar-refractivity contribution is 5.81. The van der Waals surface area contributed by atoms with E-state index in [1.807, 2.05) is 0 Å². The van der Waals surface area contributed by atoms with Crippen LogP contribution in [0.5, 0.6) is 0 Å². The Labute approximate surface area is 106 Å². The number of hydrogen-bond acceptors (Lipinski definition) is 5. The monoisotopic (exact) mass is 259 g/mol. The second kappa shape index (κ2) is 6.67. The van der Waals surface area contributed by atoms with Gasteiger partial charge in [-0.15, -0.1) is 0 Å². The smallest absolute Gasteiger partial charge is 0.252 e. The Hall–Kier alpha value is -1.18. The molecular weight excluding hydrogens is 238 g/mol. The second-order valence-electron chi connectivity index (χ2n) is 4.74. The molecule has 0 saturated carbocycles. The number of nitrogens with zero attached hydrogens (tertiary/aromatic N) is 1. The fourth-order valence-electron chi connectivity index (χ4n) is 1.91. The van der Waals surface area contributed by atoms with Gasteiger partial charge in [0, 0.05) is 39.5 Å². The lowest BCUT2D eigenvalue weighted by molar-refractivity contribution is -0.129. The van der Waals surface area contributed by atoms with E-state index in [2.05, 4.69) is 10.9 Å². The number of hydrogen-bond donors (Lipinski definition) is 3. The summed E-state index contributed by atoms with van der Waals surface area (Å²) in [5.41, 5.74) is 3.70. The standard InChI is InChI=1S/C11H21N3O4/c1-9(15)12-13-10(16)7-14(2)8-11(17)3-5-18-6-4-11/h17H,3-8H2,1-2H3,(H,12,15)(H,13,16). The first-order valence-corrected chi connectivity index (χ1v) is 5.95. The summed E-state index contributed by atoms with van der Waals surface area (Å²) in [6.07, 6.45) is 1.15. The first-order chi connectivity index (χ1) is 8.41. The molecule has 2 amide bonds. The summed E-state index contributed by atoms with van der Waals surface area (Å²) in [5, 5.41) is 10.2. The highest BCUT2D eigenvalue weighted by Crippen LogP contribution is 2.20.